The van der Waals surface area contributed by atoms with Crippen molar-refractivity contribution in [1.82, 2.24) is 4.98 Å². The quantitative estimate of drug-likeness (QED) is 0.702. The third-order valence-electron chi connectivity index (χ3n) is 3.19. The van der Waals surface area contributed by atoms with Crippen LogP contribution in [-0.4, -0.2) is 10.8 Å². The molecule has 0 aliphatic heterocycles. The lowest BCUT2D eigenvalue weighted by Crippen LogP contribution is -2.01. The van der Waals surface area contributed by atoms with Crippen LogP contribution in [0.5, 0.6) is 0 Å². The van der Waals surface area contributed by atoms with Gasteiger partial charge in [0.1, 0.15) is 11.6 Å². The molecular weight excluding hydrogens is 260 g/mol. The minimum atomic E-state index is -0.459. The average molecular weight is 271 g/mol. The summed E-state index contributed by atoms with van der Waals surface area (Å²) < 4.78 is 26.7. The second-order valence-corrected chi connectivity index (χ2v) is 4.74. The standard InChI is InChI=1S/C16H11F2NO/c1-9-4-10(6-12(18)5-9)16(20)14-8-19-15-3-2-11(17)7-13(14)15/h2-8,19H,1H3. The van der Waals surface area contributed by atoms with E-state index in [-0.39, 0.29) is 11.3 Å². The van der Waals surface area contributed by atoms with Gasteiger partial charge in [0.2, 0.25) is 0 Å². The SMILES string of the molecule is Cc1cc(F)cc(C(=O)c2c[nH]c3ccc(F)cc23)c1. The van der Waals surface area contributed by atoms with Crippen LogP contribution in [0.4, 0.5) is 8.78 Å². The Bertz CT molecular complexity index is 800. The molecule has 0 saturated carbocycles. The van der Waals surface area contributed by atoms with E-state index < -0.39 is 11.6 Å². The summed E-state index contributed by atoms with van der Waals surface area (Å²) in [5.41, 5.74) is 1.93. The van der Waals surface area contributed by atoms with E-state index in [9.17, 15) is 13.6 Å². The van der Waals surface area contributed by atoms with Gasteiger partial charge in [0, 0.05) is 28.2 Å². The predicted octanol–water partition coefficient (Wildman–Crippen LogP) is 3.99. The van der Waals surface area contributed by atoms with Crippen molar-refractivity contribution in [3.8, 4) is 0 Å². The number of aromatic nitrogens is 1. The minimum absolute atomic E-state index is 0.257. The molecule has 0 unspecified atom stereocenters. The Kier molecular flexibility index (Phi) is 2.86. The summed E-state index contributed by atoms with van der Waals surface area (Å²) in [5, 5.41) is 0.497. The summed E-state index contributed by atoms with van der Waals surface area (Å²) >= 11 is 0. The molecule has 4 heteroatoms. The number of aromatic amines is 1. The Balaban J connectivity index is 2.15. The van der Waals surface area contributed by atoms with Crippen LogP contribution in [0.25, 0.3) is 10.9 Å². The number of hydrogen-bond acceptors (Lipinski definition) is 1. The summed E-state index contributed by atoms with van der Waals surface area (Å²) in [6.07, 6.45) is 1.52. The van der Waals surface area contributed by atoms with Crippen LogP contribution >= 0.6 is 0 Å². The van der Waals surface area contributed by atoms with Gasteiger partial charge in [-0.15, -0.1) is 0 Å². The van der Waals surface area contributed by atoms with E-state index in [1.54, 1.807) is 19.1 Å². The zero-order valence-electron chi connectivity index (χ0n) is 10.7. The lowest BCUT2D eigenvalue weighted by Gasteiger charge is -2.02. The summed E-state index contributed by atoms with van der Waals surface area (Å²) in [6.45, 7) is 1.72. The van der Waals surface area contributed by atoms with Gasteiger partial charge in [0.25, 0.3) is 0 Å². The molecule has 20 heavy (non-hydrogen) atoms. The summed E-state index contributed by atoms with van der Waals surface area (Å²) in [4.78, 5) is 15.3. The summed E-state index contributed by atoms with van der Waals surface area (Å²) in [6, 6.07) is 8.34. The van der Waals surface area contributed by atoms with Gasteiger partial charge in [-0.1, -0.05) is 0 Å². The zero-order chi connectivity index (χ0) is 14.3. The van der Waals surface area contributed by atoms with Gasteiger partial charge in [-0.25, -0.2) is 8.78 Å². The van der Waals surface area contributed by atoms with Gasteiger partial charge < -0.3 is 4.98 Å². The van der Waals surface area contributed by atoms with Gasteiger partial charge >= 0.3 is 0 Å². The summed E-state index contributed by atoms with van der Waals surface area (Å²) in [7, 11) is 0. The average Bonchev–Trinajstić information content (AvgIpc) is 2.79. The highest BCUT2D eigenvalue weighted by Gasteiger charge is 2.15. The summed E-state index contributed by atoms with van der Waals surface area (Å²) in [5.74, 6) is -1.20. The second-order valence-electron chi connectivity index (χ2n) is 4.74. The molecule has 1 aromatic heterocycles. The number of carbonyl (C=O) groups is 1. The fraction of sp³-hybridized carbons (Fsp3) is 0.0625. The molecule has 2 nitrogen and oxygen atoms in total. The smallest absolute Gasteiger partial charge is 0.195 e. The first kappa shape index (κ1) is 12.5. The number of aryl methyl sites for hydroxylation is 1. The van der Waals surface area contributed by atoms with E-state index in [4.69, 9.17) is 0 Å². The third kappa shape index (κ3) is 2.09. The highest BCUT2D eigenvalue weighted by atomic mass is 19.1. The first-order valence-electron chi connectivity index (χ1n) is 6.13. The van der Waals surface area contributed by atoms with Crippen LogP contribution in [0.15, 0.2) is 42.6 Å². The van der Waals surface area contributed by atoms with Crippen LogP contribution in [-0.2, 0) is 0 Å². The molecule has 3 rings (SSSR count). The Morgan fingerprint density at radius 2 is 1.85 bits per heavy atom. The number of halogens is 2. The number of rotatable bonds is 2. The van der Waals surface area contributed by atoms with Crippen molar-refractivity contribution in [1.29, 1.82) is 0 Å². The van der Waals surface area contributed by atoms with Crippen molar-refractivity contribution in [2.45, 2.75) is 6.92 Å². The van der Waals surface area contributed by atoms with Gasteiger partial charge in [-0.3, -0.25) is 4.79 Å². The van der Waals surface area contributed by atoms with Gasteiger partial charge in [-0.05, 0) is 48.9 Å². The molecule has 1 heterocycles. The van der Waals surface area contributed by atoms with Crippen molar-refractivity contribution in [3.05, 3.63) is 70.9 Å². The van der Waals surface area contributed by atoms with Crippen LogP contribution in [0, 0.1) is 18.6 Å². The second kappa shape index (κ2) is 4.56. The fourth-order valence-electron chi connectivity index (χ4n) is 2.30. The topological polar surface area (TPSA) is 32.9 Å². The predicted molar refractivity (Wildman–Crippen MR) is 72.8 cm³/mol. The number of H-pyrrole nitrogens is 1. The number of hydrogen-bond donors (Lipinski definition) is 1. The van der Waals surface area contributed by atoms with E-state index in [0.717, 1.165) is 0 Å². The maximum Gasteiger partial charge on any atom is 0.195 e. The third-order valence-corrected chi connectivity index (χ3v) is 3.19. The van der Waals surface area contributed by atoms with Crippen molar-refractivity contribution >= 4 is 16.7 Å². The number of carbonyl (C=O) groups excluding carboxylic acids is 1. The maximum atomic E-state index is 13.4. The molecule has 0 fully saturated rings. The zero-order valence-corrected chi connectivity index (χ0v) is 10.7. The molecule has 100 valence electrons. The van der Waals surface area contributed by atoms with Crippen LogP contribution in [0.1, 0.15) is 21.5 Å². The number of benzene rings is 2. The van der Waals surface area contributed by atoms with Crippen molar-refractivity contribution in [2.75, 3.05) is 0 Å². The van der Waals surface area contributed by atoms with Gasteiger partial charge in [-0.2, -0.15) is 0 Å². The molecule has 0 aliphatic rings. The molecule has 0 amide bonds. The largest absolute Gasteiger partial charge is 0.360 e. The van der Waals surface area contributed by atoms with Crippen LogP contribution < -0.4 is 0 Å². The minimum Gasteiger partial charge on any atom is -0.360 e. The number of ketones is 1. The first-order chi connectivity index (χ1) is 9.54. The van der Waals surface area contributed by atoms with Crippen molar-refractivity contribution < 1.29 is 13.6 Å². The lowest BCUT2D eigenvalue weighted by atomic mass is 10.0. The highest BCUT2D eigenvalue weighted by Crippen LogP contribution is 2.23. The monoisotopic (exact) mass is 271 g/mol. The van der Waals surface area contributed by atoms with E-state index >= 15 is 0 Å². The Morgan fingerprint density at radius 1 is 1.05 bits per heavy atom. The highest BCUT2D eigenvalue weighted by molar-refractivity contribution is 6.16. The van der Waals surface area contributed by atoms with Crippen molar-refractivity contribution in [2.24, 2.45) is 0 Å². The Labute approximate surface area is 114 Å². The number of nitrogens with one attached hydrogen (secondary N) is 1. The Morgan fingerprint density at radius 3 is 2.60 bits per heavy atom. The molecule has 0 atom stereocenters. The normalized spacial score (nSPS) is 10.9. The van der Waals surface area contributed by atoms with Gasteiger partial charge in [0.15, 0.2) is 5.78 Å². The lowest BCUT2D eigenvalue weighted by molar-refractivity contribution is 0.104. The van der Waals surface area contributed by atoms with Crippen LogP contribution in [0.3, 0.4) is 0 Å². The Hall–Kier alpha value is -2.49. The van der Waals surface area contributed by atoms with Gasteiger partial charge in [0.05, 0.1) is 0 Å². The fourth-order valence-corrected chi connectivity index (χ4v) is 2.30. The molecule has 1 N–H and O–H groups in total. The molecular formula is C16H11F2NO. The van der Waals surface area contributed by atoms with E-state index in [1.165, 1.54) is 30.5 Å². The van der Waals surface area contributed by atoms with E-state index in [1.807, 2.05) is 0 Å². The van der Waals surface area contributed by atoms with Crippen LogP contribution in [0.2, 0.25) is 0 Å². The molecule has 2 aromatic carbocycles. The molecule has 3 aromatic rings. The van der Waals surface area contributed by atoms with E-state index in [2.05, 4.69) is 4.98 Å². The molecule has 0 bridgehead atoms. The van der Waals surface area contributed by atoms with E-state index in [0.29, 0.717) is 22.0 Å². The maximum absolute atomic E-state index is 13.4. The van der Waals surface area contributed by atoms with Crippen molar-refractivity contribution in [3.63, 3.8) is 0 Å². The molecule has 0 aliphatic carbocycles. The molecule has 0 spiro atoms. The molecule has 0 radical (unpaired) electrons. The number of fused-ring (bicyclic) bond motifs is 1. The first-order valence-corrected chi connectivity index (χ1v) is 6.13. The molecule has 0 saturated heterocycles.